The number of hydrogen-bond donors (Lipinski definition) is 2. The highest BCUT2D eigenvalue weighted by atomic mass is 16.2. The van der Waals surface area contributed by atoms with Crippen LogP contribution in [0.1, 0.15) is 26.2 Å². The molecule has 0 fully saturated rings. The molecule has 0 unspecified atom stereocenters. The highest BCUT2D eigenvalue weighted by molar-refractivity contribution is 5.93. The summed E-state index contributed by atoms with van der Waals surface area (Å²) in [6.07, 6.45) is 5.81. The van der Waals surface area contributed by atoms with Gasteiger partial charge in [-0.1, -0.05) is 19.8 Å². The minimum atomic E-state index is -0.478. The largest absolute Gasteiger partial charge is 0.320 e. The van der Waals surface area contributed by atoms with E-state index in [1.807, 2.05) is 0 Å². The highest BCUT2D eigenvalue weighted by Crippen LogP contribution is 2.01. The molecule has 1 amide bonds. The maximum Gasteiger partial charge on any atom is 0.243 e. The Balaban J connectivity index is 2.42. The summed E-state index contributed by atoms with van der Waals surface area (Å²) in [5, 5.41) is 2.56. The Hall–Kier alpha value is -1.49. The lowest BCUT2D eigenvalue weighted by Crippen LogP contribution is -2.35. The van der Waals surface area contributed by atoms with E-state index in [4.69, 9.17) is 5.73 Å². The summed E-state index contributed by atoms with van der Waals surface area (Å²) in [6.45, 7) is 2.06. The second kappa shape index (κ2) is 6.08. The molecule has 0 aromatic carbocycles. The predicted molar refractivity (Wildman–Crippen MR) is 58.2 cm³/mol. The Bertz CT molecular complexity index is 302. The zero-order valence-corrected chi connectivity index (χ0v) is 8.81. The molecule has 0 radical (unpaired) electrons. The number of hydrogen-bond acceptors (Lipinski definition) is 4. The first-order chi connectivity index (χ1) is 7.24. The third-order valence-corrected chi connectivity index (χ3v) is 2.01. The van der Waals surface area contributed by atoms with Crippen LogP contribution < -0.4 is 11.1 Å². The first kappa shape index (κ1) is 11.6. The number of nitrogens with two attached hydrogens (primary N) is 1. The summed E-state index contributed by atoms with van der Waals surface area (Å²) < 4.78 is 0. The monoisotopic (exact) mass is 208 g/mol. The molecule has 1 atom stereocenters. The van der Waals surface area contributed by atoms with Gasteiger partial charge in [-0.3, -0.25) is 10.1 Å². The van der Waals surface area contributed by atoms with Crippen LogP contribution in [0.3, 0.4) is 0 Å². The van der Waals surface area contributed by atoms with Crippen molar-refractivity contribution in [3.05, 3.63) is 18.5 Å². The van der Waals surface area contributed by atoms with Crippen LogP contribution in [0.4, 0.5) is 5.95 Å². The molecule has 1 rings (SSSR count). The third-order valence-electron chi connectivity index (χ3n) is 2.01. The quantitative estimate of drug-likeness (QED) is 0.754. The molecule has 1 aromatic heterocycles. The summed E-state index contributed by atoms with van der Waals surface area (Å²) in [7, 11) is 0. The summed E-state index contributed by atoms with van der Waals surface area (Å²) >= 11 is 0. The molecule has 0 bridgehead atoms. The van der Waals surface area contributed by atoms with Crippen molar-refractivity contribution in [1.82, 2.24) is 9.97 Å². The summed E-state index contributed by atoms with van der Waals surface area (Å²) in [5.41, 5.74) is 5.68. The van der Waals surface area contributed by atoms with Gasteiger partial charge in [0.2, 0.25) is 11.9 Å². The van der Waals surface area contributed by atoms with E-state index < -0.39 is 6.04 Å². The Kier molecular flexibility index (Phi) is 4.70. The molecule has 0 spiro atoms. The van der Waals surface area contributed by atoms with E-state index in [1.165, 1.54) is 0 Å². The number of nitrogens with one attached hydrogen (secondary N) is 1. The second-order valence-corrected chi connectivity index (χ2v) is 3.31. The average Bonchev–Trinajstić information content (AvgIpc) is 2.27. The van der Waals surface area contributed by atoms with E-state index in [0.29, 0.717) is 12.4 Å². The Morgan fingerprint density at radius 1 is 1.53 bits per heavy atom. The normalized spacial score (nSPS) is 12.1. The summed E-state index contributed by atoms with van der Waals surface area (Å²) in [5.74, 6) is 0.0732. The van der Waals surface area contributed by atoms with Crippen molar-refractivity contribution in [1.29, 1.82) is 0 Å². The first-order valence-electron chi connectivity index (χ1n) is 5.07. The zero-order valence-electron chi connectivity index (χ0n) is 8.81. The molecule has 0 aliphatic rings. The third kappa shape index (κ3) is 4.03. The van der Waals surface area contributed by atoms with Gasteiger partial charge in [-0.15, -0.1) is 0 Å². The standard InChI is InChI=1S/C10H16N4O/c1-2-3-5-8(11)9(15)14-10-12-6-4-7-13-10/h4,6-8H,2-3,5,11H2,1H3,(H,12,13,14,15)/t8-/m0/s1. The van der Waals surface area contributed by atoms with Crippen LogP contribution in [-0.4, -0.2) is 21.9 Å². The Labute approximate surface area is 89.1 Å². The van der Waals surface area contributed by atoms with Crippen molar-refractivity contribution < 1.29 is 4.79 Å². The molecule has 3 N–H and O–H groups in total. The number of nitrogens with zero attached hydrogens (tertiary/aromatic N) is 2. The maximum absolute atomic E-state index is 11.5. The van der Waals surface area contributed by atoms with Crippen molar-refractivity contribution >= 4 is 11.9 Å². The maximum atomic E-state index is 11.5. The highest BCUT2D eigenvalue weighted by Gasteiger charge is 2.13. The molecule has 0 aliphatic heterocycles. The van der Waals surface area contributed by atoms with Gasteiger partial charge in [0.1, 0.15) is 0 Å². The van der Waals surface area contributed by atoms with Gasteiger partial charge < -0.3 is 5.73 Å². The van der Waals surface area contributed by atoms with Crippen molar-refractivity contribution in [3.8, 4) is 0 Å². The van der Waals surface area contributed by atoms with Crippen LogP contribution in [0.15, 0.2) is 18.5 Å². The Morgan fingerprint density at radius 2 is 2.20 bits per heavy atom. The molecule has 0 saturated carbocycles. The Morgan fingerprint density at radius 3 is 2.80 bits per heavy atom. The fraction of sp³-hybridized carbons (Fsp3) is 0.500. The minimum Gasteiger partial charge on any atom is -0.320 e. The predicted octanol–water partition coefficient (Wildman–Crippen LogP) is 0.933. The fourth-order valence-corrected chi connectivity index (χ4v) is 1.12. The van der Waals surface area contributed by atoms with Gasteiger partial charge >= 0.3 is 0 Å². The number of anilines is 1. The van der Waals surface area contributed by atoms with E-state index in [2.05, 4.69) is 22.2 Å². The van der Waals surface area contributed by atoms with Crippen LogP contribution in [0, 0.1) is 0 Å². The number of aromatic nitrogens is 2. The fourth-order valence-electron chi connectivity index (χ4n) is 1.12. The molecule has 0 aliphatic carbocycles. The smallest absolute Gasteiger partial charge is 0.243 e. The van der Waals surface area contributed by atoms with Crippen LogP contribution in [0.5, 0.6) is 0 Å². The molecule has 1 heterocycles. The van der Waals surface area contributed by atoms with E-state index >= 15 is 0 Å². The van der Waals surface area contributed by atoms with E-state index in [-0.39, 0.29) is 5.91 Å². The van der Waals surface area contributed by atoms with Crippen molar-refractivity contribution in [2.45, 2.75) is 32.2 Å². The molecule has 82 valence electrons. The van der Waals surface area contributed by atoms with Gasteiger partial charge in [0, 0.05) is 12.4 Å². The molecular formula is C10H16N4O. The van der Waals surface area contributed by atoms with Gasteiger partial charge in [0.05, 0.1) is 6.04 Å². The van der Waals surface area contributed by atoms with Gasteiger partial charge in [-0.2, -0.15) is 0 Å². The lowest BCUT2D eigenvalue weighted by molar-refractivity contribution is -0.117. The number of amides is 1. The van der Waals surface area contributed by atoms with E-state index in [0.717, 1.165) is 12.8 Å². The van der Waals surface area contributed by atoms with Gasteiger partial charge in [0.25, 0.3) is 0 Å². The number of carbonyl (C=O) groups excluding carboxylic acids is 1. The van der Waals surface area contributed by atoms with Crippen LogP contribution in [-0.2, 0) is 4.79 Å². The molecule has 15 heavy (non-hydrogen) atoms. The van der Waals surface area contributed by atoms with Crippen molar-refractivity contribution in [2.24, 2.45) is 5.73 Å². The number of unbranched alkanes of at least 4 members (excludes halogenated alkanes) is 1. The second-order valence-electron chi connectivity index (χ2n) is 3.31. The average molecular weight is 208 g/mol. The zero-order chi connectivity index (χ0) is 11.1. The molecule has 0 saturated heterocycles. The van der Waals surface area contributed by atoms with E-state index in [1.54, 1.807) is 18.5 Å². The molecule has 1 aromatic rings. The van der Waals surface area contributed by atoms with Gasteiger partial charge in [-0.25, -0.2) is 9.97 Å². The lowest BCUT2D eigenvalue weighted by Gasteiger charge is -2.09. The first-order valence-corrected chi connectivity index (χ1v) is 5.07. The summed E-state index contributed by atoms with van der Waals surface area (Å²) in [6, 6.07) is 1.21. The van der Waals surface area contributed by atoms with Gasteiger partial charge in [0.15, 0.2) is 0 Å². The lowest BCUT2D eigenvalue weighted by atomic mass is 10.1. The molecule has 5 heteroatoms. The van der Waals surface area contributed by atoms with Crippen LogP contribution in [0.2, 0.25) is 0 Å². The number of rotatable bonds is 5. The summed E-state index contributed by atoms with van der Waals surface area (Å²) in [4.78, 5) is 19.3. The van der Waals surface area contributed by atoms with Crippen molar-refractivity contribution in [2.75, 3.05) is 5.32 Å². The van der Waals surface area contributed by atoms with Crippen molar-refractivity contribution in [3.63, 3.8) is 0 Å². The number of carbonyl (C=O) groups is 1. The van der Waals surface area contributed by atoms with Crippen LogP contribution >= 0.6 is 0 Å². The van der Waals surface area contributed by atoms with Crippen LogP contribution in [0.25, 0.3) is 0 Å². The minimum absolute atomic E-state index is 0.227. The van der Waals surface area contributed by atoms with E-state index in [9.17, 15) is 4.79 Å². The SMILES string of the molecule is CCCC[C@H](N)C(=O)Nc1ncccn1. The van der Waals surface area contributed by atoms with Gasteiger partial charge in [-0.05, 0) is 12.5 Å². The molecular weight excluding hydrogens is 192 g/mol. The molecule has 5 nitrogen and oxygen atoms in total. The topological polar surface area (TPSA) is 80.9 Å².